The zero-order valence-corrected chi connectivity index (χ0v) is 26.1. The van der Waals surface area contributed by atoms with Crippen molar-refractivity contribution in [1.29, 1.82) is 0 Å². The molecule has 0 saturated carbocycles. The molecule has 0 aliphatic heterocycles. The van der Waals surface area contributed by atoms with Crippen molar-refractivity contribution in [1.82, 2.24) is 0 Å². The lowest BCUT2D eigenvalue weighted by Crippen LogP contribution is -1.91. The van der Waals surface area contributed by atoms with Gasteiger partial charge in [0.1, 0.15) is 11.3 Å². The second kappa shape index (κ2) is 11.1. The molecule has 0 bridgehead atoms. The van der Waals surface area contributed by atoms with E-state index in [1.54, 1.807) is 24.3 Å². The van der Waals surface area contributed by atoms with Crippen molar-refractivity contribution in [2.75, 3.05) is 0 Å². The zero-order valence-electron chi connectivity index (χ0n) is 34.1. The Labute approximate surface area is 295 Å². The Balaban J connectivity index is 1.47. The van der Waals surface area contributed by atoms with Crippen molar-refractivity contribution in [3.05, 3.63) is 182 Å². The molecule has 0 radical (unpaired) electrons. The van der Waals surface area contributed by atoms with Gasteiger partial charge < -0.3 is 4.42 Å². The van der Waals surface area contributed by atoms with Crippen LogP contribution in [0.1, 0.15) is 11.0 Å². The number of fused-ring (bicyclic) bond motifs is 6. The van der Waals surface area contributed by atoms with Gasteiger partial charge in [0.15, 0.2) is 0 Å². The Kier molecular flexibility index (Phi) is 4.69. The summed E-state index contributed by atoms with van der Waals surface area (Å²) in [5, 5.41) is 5.34. The van der Waals surface area contributed by atoms with Gasteiger partial charge in [-0.2, -0.15) is 0 Å². The van der Waals surface area contributed by atoms with Crippen molar-refractivity contribution in [2.45, 2.75) is 0 Å². The fourth-order valence-electron chi connectivity index (χ4n) is 7.27. The summed E-state index contributed by atoms with van der Waals surface area (Å²) in [5.41, 5.74) is 4.60. The molecular weight excluding hydrogens is 593 g/mol. The smallest absolute Gasteiger partial charge is 0.143 e. The lowest BCUT2D eigenvalue weighted by molar-refractivity contribution is 0.632. The lowest BCUT2D eigenvalue weighted by atomic mass is 9.84. The van der Waals surface area contributed by atoms with E-state index in [1.165, 1.54) is 0 Å². The Morgan fingerprint density at radius 3 is 1.57 bits per heavy atom. The molecular formula is C48H30O. The maximum atomic E-state index is 9.57. The summed E-state index contributed by atoms with van der Waals surface area (Å²) < 4.78 is 80.5. The van der Waals surface area contributed by atoms with Crippen LogP contribution >= 0.6 is 0 Å². The molecule has 0 aliphatic rings. The number of benzene rings is 9. The fraction of sp³-hybridized carbons (Fsp3) is 0. The standard InChI is InChI=1S/C48H30O/c1-3-13-31(14-4-1)35-27-28-44-43(29-35)47(48(49-44)36-26-25-33-24-23-32-15-7-8-18-37(32)42(33)30-36)46-40-21-11-9-19-38(40)45(34-16-5-2-6-17-34)39-20-10-12-22-41(39)46/h1-30H/i9D,10D,11D,12D,19D,20D,21D,22D. The molecule has 1 heterocycles. The van der Waals surface area contributed by atoms with Gasteiger partial charge in [0.2, 0.25) is 0 Å². The van der Waals surface area contributed by atoms with Crippen LogP contribution in [0.4, 0.5) is 0 Å². The summed E-state index contributed by atoms with van der Waals surface area (Å²) in [6.07, 6.45) is 0. The second-order valence-corrected chi connectivity index (χ2v) is 12.2. The summed E-state index contributed by atoms with van der Waals surface area (Å²) in [6.45, 7) is 0. The third kappa shape index (κ3) is 4.40. The van der Waals surface area contributed by atoms with E-state index in [0.29, 0.717) is 39.0 Å². The van der Waals surface area contributed by atoms with Crippen LogP contribution in [0.15, 0.2) is 186 Å². The highest BCUT2D eigenvalue weighted by atomic mass is 16.3. The van der Waals surface area contributed by atoms with Crippen molar-refractivity contribution in [2.24, 2.45) is 0 Å². The Bertz CT molecular complexity index is 3240. The Hall–Kier alpha value is -6.44. The topological polar surface area (TPSA) is 13.1 Å². The van der Waals surface area contributed by atoms with Gasteiger partial charge in [-0.1, -0.05) is 164 Å². The van der Waals surface area contributed by atoms with Gasteiger partial charge in [-0.05, 0) is 83.5 Å². The highest BCUT2D eigenvalue weighted by molar-refractivity contribution is 6.25. The van der Waals surface area contributed by atoms with Crippen molar-refractivity contribution < 1.29 is 15.4 Å². The third-order valence-corrected chi connectivity index (χ3v) is 9.49. The SMILES string of the molecule is [2H]c1c([2H])c([2H])c2c(-c3c(-c4ccc5ccc6ccccc6c5c4)oc4ccc(-c5ccccc5)cc34)c3c([2H])c([2H])c([2H])c([2H])c3c(-c3ccccc3)c2c1[2H]. The molecule has 0 fully saturated rings. The van der Waals surface area contributed by atoms with Crippen LogP contribution in [0, 0.1) is 0 Å². The molecule has 10 aromatic rings. The average molecular weight is 631 g/mol. The van der Waals surface area contributed by atoms with Crippen LogP contribution in [0.5, 0.6) is 0 Å². The summed E-state index contributed by atoms with van der Waals surface area (Å²) >= 11 is 0. The first-order valence-electron chi connectivity index (χ1n) is 20.2. The highest BCUT2D eigenvalue weighted by Crippen LogP contribution is 2.50. The quantitative estimate of drug-likeness (QED) is 0.139. The molecule has 1 nitrogen and oxygen atoms in total. The van der Waals surface area contributed by atoms with E-state index >= 15 is 0 Å². The highest BCUT2D eigenvalue weighted by Gasteiger charge is 2.24. The first-order chi connectivity index (χ1) is 27.6. The minimum absolute atomic E-state index is 0.137. The van der Waals surface area contributed by atoms with E-state index in [2.05, 4.69) is 30.3 Å². The summed E-state index contributed by atoms with van der Waals surface area (Å²) in [5.74, 6) is 0.403. The van der Waals surface area contributed by atoms with Gasteiger partial charge in [0.25, 0.3) is 0 Å². The molecule has 49 heavy (non-hydrogen) atoms. The molecule has 0 aliphatic carbocycles. The largest absolute Gasteiger partial charge is 0.455 e. The zero-order chi connectivity index (χ0) is 39.3. The van der Waals surface area contributed by atoms with Crippen LogP contribution in [0.25, 0.3) is 98.8 Å². The maximum Gasteiger partial charge on any atom is 0.143 e. The van der Waals surface area contributed by atoms with Crippen LogP contribution in [0.2, 0.25) is 0 Å². The van der Waals surface area contributed by atoms with Gasteiger partial charge >= 0.3 is 0 Å². The predicted molar refractivity (Wildman–Crippen MR) is 208 cm³/mol. The normalized spacial score (nSPS) is 14.0. The van der Waals surface area contributed by atoms with E-state index < -0.39 is 24.2 Å². The fourth-order valence-corrected chi connectivity index (χ4v) is 7.27. The first kappa shape index (κ1) is 20.7. The van der Waals surface area contributed by atoms with Crippen molar-refractivity contribution in [3.63, 3.8) is 0 Å². The maximum absolute atomic E-state index is 9.57. The van der Waals surface area contributed by atoms with E-state index in [4.69, 9.17) is 9.90 Å². The third-order valence-electron chi connectivity index (χ3n) is 9.49. The Morgan fingerprint density at radius 1 is 0.347 bits per heavy atom. The lowest BCUT2D eigenvalue weighted by Gasteiger charge is -2.18. The van der Waals surface area contributed by atoms with E-state index in [1.807, 2.05) is 78.9 Å². The Morgan fingerprint density at radius 2 is 0.878 bits per heavy atom. The summed E-state index contributed by atoms with van der Waals surface area (Å²) in [6, 6.07) is 40.0. The van der Waals surface area contributed by atoms with Gasteiger partial charge in [-0.15, -0.1) is 0 Å². The van der Waals surface area contributed by atoms with E-state index in [-0.39, 0.29) is 51.3 Å². The molecule has 1 aromatic heterocycles. The van der Waals surface area contributed by atoms with Crippen LogP contribution < -0.4 is 0 Å². The van der Waals surface area contributed by atoms with Gasteiger partial charge in [-0.3, -0.25) is 0 Å². The summed E-state index contributed by atoms with van der Waals surface area (Å²) in [7, 11) is 0. The molecule has 10 rings (SSSR count). The van der Waals surface area contributed by atoms with Gasteiger partial charge in [0.05, 0.1) is 11.0 Å². The molecule has 9 aromatic carbocycles. The van der Waals surface area contributed by atoms with Crippen molar-refractivity contribution in [3.8, 4) is 44.7 Å². The molecule has 0 saturated heterocycles. The molecule has 228 valence electrons. The number of rotatable bonds is 4. The minimum atomic E-state index is -0.454. The van der Waals surface area contributed by atoms with Gasteiger partial charge in [0, 0.05) is 22.1 Å². The van der Waals surface area contributed by atoms with E-state index in [9.17, 15) is 5.48 Å². The predicted octanol–water partition coefficient (Wildman–Crippen LogP) is 13.7. The van der Waals surface area contributed by atoms with Crippen molar-refractivity contribution >= 4 is 54.1 Å². The average Bonchev–Trinajstić information content (AvgIpc) is 3.64. The molecule has 0 N–H and O–H groups in total. The number of furan rings is 1. The van der Waals surface area contributed by atoms with E-state index in [0.717, 1.165) is 32.7 Å². The second-order valence-electron chi connectivity index (χ2n) is 12.2. The molecule has 1 heteroatoms. The van der Waals surface area contributed by atoms with Gasteiger partial charge in [-0.25, -0.2) is 0 Å². The molecule has 0 amide bonds. The minimum Gasteiger partial charge on any atom is -0.455 e. The molecule has 0 spiro atoms. The molecule has 0 atom stereocenters. The first-order valence-corrected chi connectivity index (χ1v) is 16.2. The number of hydrogen-bond acceptors (Lipinski definition) is 1. The van der Waals surface area contributed by atoms with Crippen LogP contribution in [-0.2, 0) is 0 Å². The molecule has 0 unspecified atom stereocenters. The monoisotopic (exact) mass is 630 g/mol. The van der Waals surface area contributed by atoms with Crippen LogP contribution in [0.3, 0.4) is 0 Å². The summed E-state index contributed by atoms with van der Waals surface area (Å²) in [4.78, 5) is 0. The number of hydrogen-bond donors (Lipinski definition) is 0. The van der Waals surface area contributed by atoms with Crippen LogP contribution in [-0.4, -0.2) is 0 Å².